The maximum atomic E-state index is 14.3. The van der Waals surface area contributed by atoms with Crippen LogP contribution < -0.4 is 4.74 Å². The number of carboxylic acids is 1. The zero-order chi connectivity index (χ0) is 30.4. The van der Waals surface area contributed by atoms with Crippen LogP contribution in [0.4, 0.5) is 0 Å². The van der Waals surface area contributed by atoms with E-state index in [0.29, 0.717) is 66.2 Å². The Hall–Kier alpha value is -3.92. The molecule has 0 bridgehead atoms. The summed E-state index contributed by atoms with van der Waals surface area (Å²) in [6.45, 7) is 2.63. The minimum atomic E-state index is -0.990. The summed E-state index contributed by atoms with van der Waals surface area (Å²) in [5.41, 5.74) is 1.99. The number of aliphatic carboxylic acids is 1. The van der Waals surface area contributed by atoms with Crippen LogP contribution in [0.3, 0.4) is 0 Å². The van der Waals surface area contributed by atoms with Crippen LogP contribution in [-0.2, 0) is 20.8 Å². The molecule has 6 rings (SSSR count). The number of nitrogens with zero attached hydrogens (tertiary/aromatic N) is 3. The largest absolute Gasteiger partial charge is 0.488 e. The van der Waals surface area contributed by atoms with Gasteiger partial charge in [0.25, 0.3) is 11.8 Å². The summed E-state index contributed by atoms with van der Waals surface area (Å²) in [5, 5.41) is 10.4. The number of fused-ring (bicyclic) bond motifs is 2. The molecule has 2 fully saturated rings. The Morgan fingerprint density at radius 3 is 2.26 bits per heavy atom. The van der Waals surface area contributed by atoms with Crippen molar-refractivity contribution in [2.45, 2.75) is 57.6 Å². The fourth-order valence-electron chi connectivity index (χ4n) is 7.14. The van der Waals surface area contributed by atoms with Gasteiger partial charge in [-0.25, -0.2) is 0 Å². The van der Waals surface area contributed by atoms with Crippen LogP contribution in [-0.4, -0.2) is 81.7 Å². The first kappa shape index (κ1) is 29.2. The summed E-state index contributed by atoms with van der Waals surface area (Å²) >= 11 is 6.71. The van der Waals surface area contributed by atoms with Gasteiger partial charge in [0.1, 0.15) is 11.9 Å². The van der Waals surface area contributed by atoms with Gasteiger partial charge in [0.15, 0.2) is 0 Å². The average molecular weight is 608 g/mol. The van der Waals surface area contributed by atoms with Gasteiger partial charge in [-0.2, -0.15) is 0 Å². The average Bonchev–Trinajstić information content (AvgIpc) is 3.57. The molecule has 1 aliphatic carbocycles. The van der Waals surface area contributed by atoms with Gasteiger partial charge < -0.3 is 19.6 Å². The van der Waals surface area contributed by atoms with Crippen LogP contribution in [0.15, 0.2) is 36.4 Å². The molecule has 4 aliphatic rings. The van der Waals surface area contributed by atoms with Gasteiger partial charge in [0.2, 0.25) is 11.8 Å². The van der Waals surface area contributed by atoms with E-state index in [2.05, 4.69) is 0 Å². The maximum Gasteiger partial charge on any atom is 0.307 e. The minimum absolute atomic E-state index is 0.0371. The molecule has 11 heteroatoms. The lowest BCUT2D eigenvalue weighted by Crippen LogP contribution is -2.50. The molecule has 0 radical (unpaired) electrons. The van der Waals surface area contributed by atoms with Crippen LogP contribution in [0.5, 0.6) is 5.75 Å². The Bertz CT molecular complexity index is 1470. The van der Waals surface area contributed by atoms with Crippen molar-refractivity contribution in [3.8, 4) is 5.75 Å². The fourth-order valence-corrected chi connectivity index (χ4v) is 7.40. The highest BCUT2D eigenvalue weighted by atomic mass is 35.5. The number of amides is 4. The molecule has 3 heterocycles. The van der Waals surface area contributed by atoms with E-state index in [9.17, 15) is 29.1 Å². The fraction of sp³-hybridized carbons (Fsp3) is 0.469. The number of carbonyl (C=O) groups excluding carboxylic acids is 4. The van der Waals surface area contributed by atoms with E-state index in [0.717, 1.165) is 23.3 Å². The highest BCUT2D eigenvalue weighted by Crippen LogP contribution is 2.44. The molecule has 226 valence electrons. The standard InChI is InChI=1S/C32H34ClN3O7/c1-18(37)34-14-12-19(16-34)43-27-11-10-25(33)24-13-15-35(29(38)22-8-4-5-9-23(22)32(41)42)26(28(24)27)17-36-30(39)20-6-2-3-7-21(20)31(36)40/h2-3,6-7,10-11,19,22-23,26H,4-5,8-9,12-17H2,1H3,(H,41,42). The van der Waals surface area contributed by atoms with E-state index >= 15 is 0 Å². The lowest BCUT2D eigenvalue weighted by atomic mass is 9.77. The first-order chi connectivity index (χ1) is 20.7. The number of ether oxygens (including phenoxy) is 1. The molecule has 10 nitrogen and oxygen atoms in total. The summed E-state index contributed by atoms with van der Waals surface area (Å²) in [6.07, 6.45) is 3.13. The third-order valence-electron chi connectivity index (χ3n) is 9.37. The normalized spacial score (nSPS) is 25.0. The van der Waals surface area contributed by atoms with Crippen molar-refractivity contribution >= 4 is 41.2 Å². The molecular weight excluding hydrogens is 574 g/mol. The second-order valence-corrected chi connectivity index (χ2v) is 12.2. The number of rotatable bonds is 6. The third-order valence-corrected chi connectivity index (χ3v) is 9.73. The van der Waals surface area contributed by atoms with E-state index < -0.39 is 35.7 Å². The first-order valence-electron chi connectivity index (χ1n) is 14.9. The molecule has 1 saturated carbocycles. The van der Waals surface area contributed by atoms with Gasteiger partial charge in [-0.1, -0.05) is 36.6 Å². The molecule has 43 heavy (non-hydrogen) atoms. The summed E-state index contributed by atoms with van der Waals surface area (Å²) < 4.78 is 6.48. The van der Waals surface area contributed by atoms with E-state index in [1.165, 1.54) is 6.92 Å². The molecule has 4 unspecified atom stereocenters. The van der Waals surface area contributed by atoms with Crippen molar-refractivity contribution in [3.05, 3.63) is 63.7 Å². The van der Waals surface area contributed by atoms with Crippen LogP contribution in [0.1, 0.15) is 76.9 Å². The predicted molar refractivity (Wildman–Crippen MR) is 156 cm³/mol. The SMILES string of the molecule is CC(=O)N1CCC(Oc2ccc(Cl)c3c2C(CN2C(=O)c4ccccc4C2=O)N(C(=O)C2CCCCC2C(=O)O)CC3)C1. The maximum absolute atomic E-state index is 14.3. The Balaban J connectivity index is 1.40. The zero-order valence-electron chi connectivity index (χ0n) is 24.0. The second kappa shape index (κ2) is 11.6. The third kappa shape index (κ3) is 5.26. The van der Waals surface area contributed by atoms with Crippen molar-refractivity contribution in [2.24, 2.45) is 11.8 Å². The number of carboxylic acid groups (broad SMARTS) is 1. The lowest BCUT2D eigenvalue weighted by Gasteiger charge is -2.42. The van der Waals surface area contributed by atoms with Crippen molar-refractivity contribution in [1.82, 2.24) is 14.7 Å². The van der Waals surface area contributed by atoms with Gasteiger partial charge in [-0.15, -0.1) is 0 Å². The first-order valence-corrected chi connectivity index (χ1v) is 15.3. The number of benzene rings is 2. The molecule has 0 spiro atoms. The van der Waals surface area contributed by atoms with Gasteiger partial charge in [0.05, 0.1) is 42.1 Å². The molecule has 4 amide bonds. The second-order valence-electron chi connectivity index (χ2n) is 11.8. The number of carbonyl (C=O) groups is 5. The molecule has 0 aromatic heterocycles. The topological polar surface area (TPSA) is 125 Å². The molecular formula is C32H34ClN3O7. The van der Waals surface area contributed by atoms with Gasteiger partial charge in [0, 0.05) is 37.0 Å². The predicted octanol–water partition coefficient (Wildman–Crippen LogP) is 3.95. The number of likely N-dealkylation sites (tertiary alicyclic amines) is 1. The van der Waals surface area contributed by atoms with Crippen LogP contribution >= 0.6 is 11.6 Å². The van der Waals surface area contributed by atoms with Crippen molar-refractivity contribution < 1.29 is 33.8 Å². The van der Waals surface area contributed by atoms with Crippen molar-refractivity contribution in [2.75, 3.05) is 26.2 Å². The molecule has 2 aromatic rings. The summed E-state index contributed by atoms with van der Waals surface area (Å²) in [7, 11) is 0. The highest BCUT2D eigenvalue weighted by molar-refractivity contribution is 6.31. The Kier molecular flexibility index (Phi) is 7.89. The summed E-state index contributed by atoms with van der Waals surface area (Å²) in [4.78, 5) is 69.8. The molecule has 4 atom stereocenters. The van der Waals surface area contributed by atoms with Crippen LogP contribution in [0.2, 0.25) is 5.02 Å². The van der Waals surface area contributed by atoms with E-state index in [4.69, 9.17) is 16.3 Å². The van der Waals surface area contributed by atoms with Crippen LogP contribution in [0.25, 0.3) is 0 Å². The Morgan fingerprint density at radius 2 is 1.63 bits per heavy atom. The Morgan fingerprint density at radius 1 is 0.953 bits per heavy atom. The van der Waals surface area contributed by atoms with Crippen molar-refractivity contribution in [1.29, 1.82) is 0 Å². The number of halogens is 1. The highest BCUT2D eigenvalue weighted by Gasteiger charge is 2.45. The monoisotopic (exact) mass is 607 g/mol. The zero-order valence-corrected chi connectivity index (χ0v) is 24.7. The quantitative estimate of drug-likeness (QED) is 0.493. The summed E-state index contributed by atoms with van der Waals surface area (Å²) in [6, 6.07) is 9.30. The molecule has 1 N–H and O–H groups in total. The van der Waals surface area contributed by atoms with E-state index in [1.807, 2.05) is 0 Å². The Labute approximate surface area is 254 Å². The number of hydrogen-bond donors (Lipinski definition) is 1. The van der Waals surface area contributed by atoms with Crippen molar-refractivity contribution in [3.63, 3.8) is 0 Å². The molecule has 2 aromatic carbocycles. The molecule has 1 saturated heterocycles. The van der Waals surface area contributed by atoms with Crippen LogP contribution in [0, 0.1) is 11.8 Å². The lowest BCUT2D eigenvalue weighted by molar-refractivity contribution is -0.153. The number of hydrogen-bond acceptors (Lipinski definition) is 6. The van der Waals surface area contributed by atoms with E-state index in [1.54, 1.807) is 46.2 Å². The smallest absolute Gasteiger partial charge is 0.307 e. The van der Waals surface area contributed by atoms with Gasteiger partial charge in [-0.3, -0.25) is 28.9 Å². The number of imide groups is 1. The van der Waals surface area contributed by atoms with Gasteiger partial charge >= 0.3 is 5.97 Å². The molecule has 3 aliphatic heterocycles. The van der Waals surface area contributed by atoms with Gasteiger partial charge in [-0.05, 0) is 49.1 Å². The summed E-state index contributed by atoms with van der Waals surface area (Å²) in [5.74, 6) is -3.24. The minimum Gasteiger partial charge on any atom is -0.488 e. The van der Waals surface area contributed by atoms with E-state index in [-0.39, 0.29) is 31.0 Å².